The highest BCUT2D eigenvalue weighted by molar-refractivity contribution is 5.48. The van der Waals surface area contributed by atoms with Crippen molar-refractivity contribution >= 4 is 5.69 Å². The lowest BCUT2D eigenvalue weighted by Crippen LogP contribution is -2.35. The zero-order chi connectivity index (χ0) is 22.1. The number of aliphatic hydroxyl groups is 2. The summed E-state index contributed by atoms with van der Waals surface area (Å²) in [5, 5.41) is 24.1. The first-order chi connectivity index (χ1) is 15.1. The van der Waals surface area contributed by atoms with Crippen molar-refractivity contribution in [2.24, 2.45) is 0 Å². The number of anilines is 1. The lowest BCUT2D eigenvalue weighted by atomic mass is 9.97. The fourth-order valence-corrected chi connectivity index (χ4v) is 3.59. The van der Waals surface area contributed by atoms with Crippen molar-refractivity contribution in [2.75, 3.05) is 51.9 Å². The van der Waals surface area contributed by atoms with Gasteiger partial charge in [0.15, 0.2) is 0 Å². The molecular weight excluding hydrogens is 396 g/mol. The molecule has 0 amide bonds. The maximum absolute atomic E-state index is 10.7. The predicted octanol–water partition coefficient (Wildman–Crippen LogP) is 2.44. The Morgan fingerprint density at radius 1 is 1.06 bits per heavy atom. The second-order valence-corrected chi connectivity index (χ2v) is 7.85. The highest BCUT2D eigenvalue weighted by Crippen LogP contribution is 2.28. The fourth-order valence-electron chi connectivity index (χ4n) is 3.59. The third-order valence-electron chi connectivity index (χ3n) is 5.40. The van der Waals surface area contributed by atoms with E-state index in [1.54, 1.807) is 14.0 Å². The van der Waals surface area contributed by atoms with Crippen molar-refractivity contribution in [3.63, 3.8) is 0 Å². The predicted molar refractivity (Wildman–Crippen MR) is 120 cm³/mol. The number of methoxy groups -OCH3 is 1. The number of ether oxygens (including phenoxy) is 3. The van der Waals surface area contributed by atoms with Gasteiger partial charge in [0.2, 0.25) is 0 Å². The molecular formula is C24H34N2O5. The molecule has 170 valence electrons. The van der Waals surface area contributed by atoms with Gasteiger partial charge in [0.1, 0.15) is 18.5 Å². The Labute approximate surface area is 184 Å². The van der Waals surface area contributed by atoms with Crippen LogP contribution in [-0.4, -0.2) is 73.9 Å². The SMILES string of the molecule is COCCOc1cccc([C@@H](Nc2ccc(CN3CCOCC3)cc2)[C@H](O)[C@H](C)O)c1. The summed E-state index contributed by atoms with van der Waals surface area (Å²) in [6.45, 7) is 6.89. The molecule has 0 aliphatic carbocycles. The Balaban J connectivity index is 1.70. The first kappa shape index (κ1) is 23.5. The number of rotatable bonds is 11. The van der Waals surface area contributed by atoms with Gasteiger partial charge in [0.25, 0.3) is 0 Å². The van der Waals surface area contributed by atoms with Crippen LogP contribution in [0.15, 0.2) is 48.5 Å². The molecule has 1 heterocycles. The molecule has 2 aromatic rings. The van der Waals surface area contributed by atoms with Crippen LogP contribution in [0.3, 0.4) is 0 Å². The summed E-state index contributed by atoms with van der Waals surface area (Å²) in [6.07, 6.45) is -1.88. The number of nitrogens with one attached hydrogen (secondary N) is 1. The minimum absolute atomic E-state index is 0.446. The van der Waals surface area contributed by atoms with Gasteiger partial charge in [-0.05, 0) is 42.3 Å². The third kappa shape index (κ3) is 7.19. The molecule has 1 fully saturated rings. The van der Waals surface area contributed by atoms with E-state index in [-0.39, 0.29) is 0 Å². The largest absolute Gasteiger partial charge is 0.491 e. The van der Waals surface area contributed by atoms with Crippen molar-refractivity contribution in [3.8, 4) is 5.75 Å². The summed E-state index contributed by atoms with van der Waals surface area (Å²) in [6, 6.07) is 15.3. The molecule has 1 aliphatic rings. The molecule has 3 atom stereocenters. The molecule has 2 aromatic carbocycles. The Kier molecular flexibility index (Phi) is 9.12. The lowest BCUT2D eigenvalue weighted by molar-refractivity contribution is 0.0189. The minimum Gasteiger partial charge on any atom is -0.491 e. The fraction of sp³-hybridized carbons (Fsp3) is 0.500. The molecule has 0 radical (unpaired) electrons. The van der Waals surface area contributed by atoms with E-state index in [0.29, 0.717) is 19.0 Å². The van der Waals surface area contributed by atoms with E-state index in [4.69, 9.17) is 14.2 Å². The highest BCUT2D eigenvalue weighted by Gasteiger charge is 2.25. The summed E-state index contributed by atoms with van der Waals surface area (Å²) < 4.78 is 16.1. The highest BCUT2D eigenvalue weighted by atomic mass is 16.5. The molecule has 3 N–H and O–H groups in total. The van der Waals surface area contributed by atoms with E-state index < -0.39 is 18.2 Å². The van der Waals surface area contributed by atoms with Gasteiger partial charge < -0.3 is 29.7 Å². The average molecular weight is 431 g/mol. The Hall–Kier alpha value is -2.16. The van der Waals surface area contributed by atoms with Gasteiger partial charge in [0.05, 0.1) is 32.0 Å². The van der Waals surface area contributed by atoms with E-state index in [1.165, 1.54) is 5.56 Å². The van der Waals surface area contributed by atoms with Gasteiger partial charge in [-0.25, -0.2) is 0 Å². The standard InChI is InChI=1S/C24H34N2O5/c1-18(27)24(28)23(20-4-3-5-22(16-20)31-15-14-29-2)25-21-8-6-19(7-9-21)17-26-10-12-30-13-11-26/h3-9,16,18,23-25,27-28H,10-15,17H2,1-2H3/t18-,23+,24+/m0/s1. The maximum Gasteiger partial charge on any atom is 0.119 e. The molecule has 31 heavy (non-hydrogen) atoms. The molecule has 0 unspecified atom stereocenters. The van der Waals surface area contributed by atoms with Crippen LogP contribution in [0.25, 0.3) is 0 Å². The van der Waals surface area contributed by atoms with Crippen molar-refractivity contribution < 1.29 is 24.4 Å². The van der Waals surface area contributed by atoms with Gasteiger partial charge in [-0.3, -0.25) is 4.90 Å². The van der Waals surface area contributed by atoms with Gasteiger partial charge in [0, 0.05) is 32.4 Å². The summed E-state index contributed by atoms with van der Waals surface area (Å²) in [5.41, 5.74) is 2.94. The van der Waals surface area contributed by atoms with Crippen molar-refractivity contribution in [1.29, 1.82) is 0 Å². The smallest absolute Gasteiger partial charge is 0.119 e. The first-order valence-corrected chi connectivity index (χ1v) is 10.8. The van der Waals surface area contributed by atoms with E-state index >= 15 is 0 Å². The third-order valence-corrected chi connectivity index (χ3v) is 5.40. The maximum atomic E-state index is 10.7. The normalized spacial score (nSPS) is 17.7. The molecule has 1 aliphatic heterocycles. The molecule has 3 rings (SSSR count). The molecule has 7 nitrogen and oxygen atoms in total. The van der Waals surface area contributed by atoms with E-state index in [2.05, 4.69) is 22.3 Å². The van der Waals surface area contributed by atoms with Crippen LogP contribution in [0.1, 0.15) is 24.1 Å². The Morgan fingerprint density at radius 3 is 2.48 bits per heavy atom. The van der Waals surface area contributed by atoms with Crippen molar-refractivity contribution in [2.45, 2.75) is 31.7 Å². The van der Waals surface area contributed by atoms with Crippen LogP contribution in [-0.2, 0) is 16.0 Å². The second-order valence-electron chi connectivity index (χ2n) is 7.85. The average Bonchev–Trinajstić information content (AvgIpc) is 2.79. The number of benzene rings is 2. The summed E-state index contributed by atoms with van der Waals surface area (Å²) >= 11 is 0. The second kappa shape index (κ2) is 12.0. The molecule has 0 bridgehead atoms. The number of hydrogen-bond donors (Lipinski definition) is 3. The van der Waals surface area contributed by atoms with Crippen molar-refractivity contribution in [3.05, 3.63) is 59.7 Å². The number of hydrogen-bond acceptors (Lipinski definition) is 7. The van der Waals surface area contributed by atoms with Gasteiger partial charge >= 0.3 is 0 Å². The van der Waals surface area contributed by atoms with Crippen LogP contribution >= 0.6 is 0 Å². The molecule has 1 saturated heterocycles. The van der Waals surface area contributed by atoms with Crippen LogP contribution in [0.5, 0.6) is 5.75 Å². The number of nitrogens with zero attached hydrogens (tertiary/aromatic N) is 1. The van der Waals surface area contributed by atoms with E-state index in [0.717, 1.165) is 44.1 Å². The lowest BCUT2D eigenvalue weighted by Gasteiger charge is -2.28. The van der Waals surface area contributed by atoms with Crippen LogP contribution in [0.4, 0.5) is 5.69 Å². The summed E-state index contributed by atoms with van der Waals surface area (Å²) in [4.78, 5) is 2.38. The van der Waals surface area contributed by atoms with Gasteiger partial charge in [-0.15, -0.1) is 0 Å². The zero-order valence-corrected chi connectivity index (χ0v) is 18.4. The van der Waals surface area contributed by atoms with Crippen molar-refractivity contribution in [1.82, 2.24) is 4.90 Å². The zero-order valence-electron chi connectivity index (χ0n) is 18.4. The minimum atomic E-state index is -0.984. The number of aliphatic hydroxyl groups excluding tert-OH is 2. The molecule has 7 heteroatoms. The Bertz CT molecular complexity index is 778. The topological polar surface area (TPSA) is 83.4 Å². The quantitative estimate of drug-likeness (QED) is 0.472. The summed E-state index contributed by atoms with van der Waals surface area (Å²) in [5.74, 6) is 0.694. The monoisotopic (exact) mass is 430 g/mol. The molecule has 0 spiro atoms. The first-order valence-electron chi connectivity index (χ1n) is 10.8. The van der Waals surface area contributed by atoms with Gasteiger partial charge in [-0.1, -0.05) is 24.3 Å². The van der Waals surface area contributed by atoms with Crippen LogP contribution in [0, 0.1) is 0 Å². The van der Waals surface area contributed by atoms with Crippen LogP contribution in [0.2, 0.25) is 0 Å². The number of morpholine rings is 1. The Morgan fingerprint density at radius 2 is 1.81 bits per heavy atom. The van der Waals surface area contributed by atoms with Crippen LogP contribution < -0.4 is 10.1 Å². The van der Waals surface area contributed by atoms with Gasteiger partial charge in [-0.2, -0.15) is 0 Å². The molecule has 0 saturated carbocycles. The van der Waals surface area contributed by atoms with E-state index in [9.17, 15) is 10.2 Å². The van der Waals surface area contributed by atoms with E-state index in [1.807, 2.05) is 36.4 Å². The summed E-state index contributed by atoms with van der Waals surface area (Å²) in [7, 11) is 1.63. The molecule has 0 aromatic heterocycles.